The van der Waals surface area contributed by atoms with Gasteiger partial charge in [-0.25, -0.2) is 4.98 Å². The van der Waals surface area contributed by atoms with E-state index in [0.29, 0.717) is 24.4 Å². The van der Waals surface area contributed by atoms with Crippen LogP contribution in [0.3, 0.4) is 0 Å². The Balaban J connectivity index is 1.90. The molecule has 2 aromatic carbocycles. The topological polar surface area (TPSA) is 74.7 Å². The number of phenols is 1. The van der Waals surface area contributed by atoms with Crippen molar-refractivity contribution < 1.29 is 5.11 Å². The van der Waals surface area contributed by atoms with Crippen LogP contribution in [-0.2, 0) is 18.4 Å². The van der Waals surface area contributed by atoms with Crippen LogP contribution < -0.4 is 0 Å². The van der Waals surface area contributed by atoms with Gasteiger partial charge in [0.15, 0.2) is 0 Å². The Morgan fingerprint density at radius 2 is 2.00 bits per heavy atom. The lowest BCUT2D eigenvalue weighted by atomic mass is 9.77. The zero-order chi connectivity index (χ0) is 17.7. The molecule has 3 aromatic rings. The summed E-state index contributed by atoms with van der Waals surface area (Å²) in [6.07, 6.45) is 4.28. The number of benzene rings is 2. The van der Waals surface area contributed by atoms with E-state index in [2.05, 4.69) is 16.2 Å². The zero-order valence-electron chi connectivity index (χ0n) is 13.5. The molecule has 1 atom stereocenters. The molecule has 0 saturated heterocycles. The van der Waals surface area contributed by atoms with E-state index in [0.717, 1.165) is 11.1 Å². The molecule has 0 radical (unpaired) electrons. The van der Waals surface area contributed by atoms with Gasteiger partial charge in [-0.05, 0) is 36.1 Å². The number of halogens is 1. The number of aryl methyl sites for hydroxylation is 1. The van der Waals surface area contributed by atoms with Crippen LogP contribution in [0.5, 0.6) is 5.75 Å². The molecule has 25 heavy (non-hydrogen) atoms. The van der Waals surface area contributed by atoms with Crippen LogP contribution in [0.4, 0.5) is 0 Å². The Morgan fingerprint density at radius 3 is 2.64 bits per heavy atom. The summed E-state index contributed by atoms with van der Waals surface area (Å²) < 4.78 is 1.68. The molecule has 1 heterocycles. The van der Waals surface area contributed by atoms with Crippen LogP contribution >= 0.6 is 11.6 Å². The minimum absolute atomic E-state index is 0.0534. The van der Waals surface area contributed by atoms with Gasteiger partial charge in [0.1, 0.15) is 23.8 Å². The Labute approximate surface area is 151 Å². The molecular formula is C19H17ClN4O. The SMILES string of the molecule is N#CC(CCc1ccc(Cl)c(O)c1)(Cn1cncn1)c1ccccc1. The highest BCUT2D eigenvalue weighted by molar-refractivity contribution is 6.32. The number of nitrogens with zero attached hydrogens (tertiary/aromatic N) is 4. The zero-order valence-corrected chi connectivity index (χ0v) is 14.3. The van der Waals surface area contributed by atoms with E-state index in [1.165, 1.54) is 6.33 Å². The Bertz CT molecular complexity index is 874. The second-order valence-electron chi connectivity index (χ2n) is 5.94. The van der Waals surface area contributed by atoms with Crippen LogP contribution in [0.25, 0.3) is 0 Å². The van der Waals surface area contributed by atoms with Gasteiger partial charge in [0.25, 0.3) is 0 Å². The van der Waals surface area contributed by atoms with Crippen LogP contribution in [-0.4, -0.2) is 19.9 Å². The molecule has 1 unspecified atom stereocenters. The molecule has 3 rings (SSSR count). The summed E-state index contributed by atoms with van der Waals surface area (Å²) in [6, 6.07) is 17.4. The first-order chi connectivity index (χ1) is 12.1. The van der Waals surface area contributed by atoms with Crippen LogP contribution in [0.2, 0.25) is 5.02 Å². The third kappa shape index (κ3) is 3.81. The predicted molar refractivity (Wildman–Crippen MR) is 95.2 cm³/mol. The quantitative estimate of drug-likeness (QED) is 0.733. The molecule has 0 fully saturated rings. The van der Waals surface area contributed by atoms with Crippen LogP contribution in [0.1, 0.15) is 17.5 Å². The third-order valence-corrected chi connectivity index (χ3v) is 4.61. The van der Waals surface area contributed by atoms with Crippen molar-refractivity contribution in [1.82, 2.24) is 14.8 Å². The summed E-state index contributed by atoms with van der Waals surface area (Å²) in [5.41, 5.74) is 1.12. The smallest absolute Gasteiger partial charge is 0.137 e. The molecule has 5 nitrogen and oxygen atoms in total. The second-order valence-corrected chi connectivity index (χ2v) is 6.35. The van der Waals surface area contributed by atoms with Crippen molar-refractivity contribution in [2.24, 2.45) is 0 Å². The largest absolute Gasteiger partial charge is 0.506 e. The van der Waals surface area contributed by atoms with Gasteiger partial charge in [-0.3, -0.25) is 4.68 Å². The lowest BCUT2D eigenvalue weighted by molar-refractivity contribution is 0.401. The summed E-state index contributed by atoms with van der Waals surface area (Å²) in [4.78, 5) is 3.97. The number of hydrogen-bond donors (Lipinski definition) is 1. The van der Waals surface area contributed by atoms with Gasteiger partial charge in [-0.2, -0.15) is 10.4 Å². The van der Waals surface area contributed by atoms with Gasteiger partial charge in [0.05, 0.1) is 17.6 Å². The average Bonchev–Trinajstić information content (AvgIpc) is 3.15. The van der Waals surface area contributed by atoms with Crippen molar-refractivity contribution in [2.45, 2.75) is 24.8 Å². The van der Waals surface area contributed by atoms with Crippen LogP contribution in [0.15, 0.2) is 61.2 Å². The molecule has 126 valence electrons. The standard InChI is InChI=1S/C19H17ClN4O/c20-17-7-6-15(10-18(17)25)8-9-19(11-21,12-24-14-22-13-23-24)16-4-2-1-3-5-16/h1-7,10,13-14,25H,8-9,12H2. The van der Waals surface area contributed by atoms with Crippen LogP contribution in [0, 0.1) is 11.3 Å². The van der Waals surface area contributed by atoms with Gasteiger partial charge in [0, 0.05) is 0 Å². The number of hydrogen-bond acceptors (Lipinski definition) is 4. The fourth-order valence-electron chi connectivity index (χ4n) is 2.89. The Kier molecular flexibility index (Phi) is 5.01. The lowest BCUT2D eigenvalue weighted by Crippen LogP contribution is -2.31. The van der Waals surface area contributed by atoms with E-state index < -0.39 is 5.41 Å². The van der Waals surface area contributed by atoms with Gasteiger partial charge in [-0.1, -0.05) is 48.0 Å². The number of aromatic hydroxyl groups is 1. The number of nitriles is 1. The third-order valence-electron chi connectivity index (χ3n) is 4.29. The van der Waals surface area contributed by atoms with Crippen molar-refractivity contribution in [2.75, 3.05) is 0 Å². The first kappa shape index (κ1) is 17.0. The van der Waals surface area contributed by atoms with Gasteiger partial charge < -0.3 is 5.11 Å². The van der Waals surface area contributed by atoms with E-state index in [9.17, 15) is 10.4 Å². The van der Waals surface area contributed by atoms with E-state index in [-0.39, 0.29) is 5.75 Å². The molecule has 0 aliphatic heterocycles. The highest BCUT2D eigenvalue weighted by Gasteiger charge is 2.33. The van der Waals surface area contributed by atoms with E-state index in [4.69, 9.17) is 11.6 Å². The fraction of sp³-hybridized carbons (Fsp3) is 0.211. The summed E-state index contributed by atoms with van der Waals surface area (Å²) in [5, 5.41) is 24.3. The Morgan fingerprint density at radius 1 is 1.20 bits per heavy atom. The summed E-state index contributed by atoms with van der Waals surface area (Å²) >= 11 is 5.87. The maximum atomic E-state index is 10.0. The molecule has 6 heteroatoms. The molecule has 0 amide bonds. The van der Waals surface area contributed by atoms with E-state index >= 15 is 0 Å². The van der Waals surface area contributed by atoms with Gasteiger partial charge in [0.2, 0.25) is 0 Å². The van der Waals surface area contributed by atoms with Crippen molar-refractivity contribution in [3.8, 4) is 11.8 Å². The molecule has 0 aliphatic carbocycles. The monoisotopic (exact) mass is 352 g/mol. The number of aromatic nitrogens is 3. The first-order valence-corrected chi connectivity index (χ1v) is 8.27. The average molecular weight is 353 g/mol. The fourth-order valence-corrected chi connectivity index (χ4v) is 3.01. The first-order valence-electron chi connectivity index (χ1n) is 7.89. The number of rotatable bonds is 6. The maximum absolute atomic E-state index is 10.0. The minimum atomic E-state index is -0.746. The minimum Gasteiger partial charge on any atom is -0.506 e. The summed E-state index contributed by atoms with van der Waals surface area (Å²) in [5.74, 6) is 0.0534. The summed E-state index contributed by atoms with van der Waals surface area (Å²) in [7, 11) is 0. The highest BCUT2D eigenvalue weighted by Crippen LogP contribution is 2.32. The van der Waals surface area contributed by atoms with Gasteiger partial charge >= 0.3 is 0 Å². The number of phenolic OH excluding ortho intramolecular Hbond substituents is 1. The molecule has 0 saturated carbocycles. The molecule has 1 N–H and O–H groups in total. The van der Waals surface area contributed by atoms with Gasteiger partial charge in [-0.15, -0.1) is 0 Å². The van der Waals surface area contributed by atoms with Crippen molar-refractivity contribution >= 4 is 11.6 Å². The predicted octanol–water partition coefficient (Wildman–Crippen LogP) is 3.73. The maximum Gasteiger partial charge on any atom is 0.137 e. The Hall–Kier alpha value is -2.84. The van der Waals surface area contributed by atoms with Crippen molar-refractivity contribution in [1.29, 1.82) is 5.26 Å². The highest BCUT2D eigenvalue weighted by atomic mass is 35.5. The molecule has 0 spiro atoms. The normalized spacial score (nSPS) is 13.1. The molecule has 1 aromatic heterocycles. The van der Waals surface area contributed by atoms with E-state index in [1.807, 2.05) is 36.4 Å². The second kappa shape index (κ2) is 7.37. The lowest BCUT2D eigenvalue weighted by Gasteiger charge is -2.27. The van der Waals surface area contributed by atoms with E-state index in [1.54, 1.807) is 23.1 Å². The molecular weight excluding hydrogens is 336 g/mol. The van der Waals surface area contributed by atoms with Crippen molar-refractivity contribution in [3.05, 3.63) is 77.3 Å². The molecule has 0 bridgehead atoms. The molecule has 0 aliphatic rings. The van der Waals surface area contributed by atoms with Crippen molar-refractivity contribution in [3.63, 3.8) is 0 Å². The summed E-state index contributed by atoms with van der Waals surface area (Å²) in [6.45, 7) is 0.410.